The van der Waals surface area contributed by atoms with E-state index in [-0.39, 0.29) is 4.21 Å². The fourth-order valence-electron chi connectivity index (χ4n) is 1.55. The average molecular weight is 280 g/mol. The molecule has 18 heavy (non-hydrogen) atoms. The molecule has 1 aromatic carbocycles. The Morgan fingerprint density at radius 2 is 2.17 bits per heavy atom. The second-order valence-electron chi connectivity index (χ2n) is 3.60. The molecule has 0 atom stereocenters. The molecule has 0 spiro atoms. The first-order chi connectivity index (χ1) is 8.65. The number of hydrogen-bond acceptors (Lipinski definition) is 5. The number of rotatable bonds is 3. The van der Waals surface area contributed by atoms with Gasteiger partial charge in [-0.05, 0) is 18.2 Å². The Labute approximate surface area is 107 Å². The quantitative estimate of drug-likeness (QED) is 0.766. The Balaban J connectivity index is 1.97. The lowest BCUT2D eigenvalue weighted by Crippen LogP contribution is -2.11. The van der Waals surface area contributed by atoms with E-state index in [0.717, 1.165) is 22.2 Å². The SMILES string of the molecule is O=S(=O)(Nc1ccc2[nH]ncc2c1)c1cncs1. The van der Waals surface area contributed by atoms with E-state index in [1.165, 1.54) is 11.7 Å². The number of H-pyrrole nitrogens is 1. The molecule has 0 bridgehead atoms. The number of aromatic nitrogens is 3. The van der Waals surface area contributed by atoms with Crippen LogP contribution in [0, 0.1) is 0 Å². The van der Waals surface area contributed by atoms with E-state index in [9.17, 15) is 8.42 Å². The van der Waals surface area contributed by atoms with Crippen molar-refractivity contribution < 1.29 is 8.42 Å². The van der Waals surface area contributed by atoms with Crippen LogP contribution in [0.25, 0.3) is 10.9 Å². The van der Waals surface area contributed by atoms with Crippen LogP contribution in [0.15, 0.2) is 40.3 Å². The highest BCUT2D eigenvalue weighted by Gasteiger charge is 2.15. The van der Waals surface area contributed by atoms with E-state index in [4.69, 9.17) is 0 Å². The molecule has 0 saturated carbocycles. The number of nitrogens with one attached hydrogen (secondary N) is 2. The predicted octanol–water partition coefficient (Wildman–Crippen LogP) is 1.82. The Morgan fingerprint density at radius 1 is 1.28 bits per heavy atom. The maximum absolute atomic E-state index is 12.0. The molecule has 3 rings (SSSR count). The smallest absolute Gasteiger partial charge is 0.273 e. The summed E-state index contributed by atoms with van der Waals surface area (Å²) in [5, 5.41) is 7.53. The van der Waals surface area contributed by atoms with Gasteiger partial charge in [0.2, 0.25) is 0 Å². The van der Waals surface area contributed by atoms with Crippen LogP contribution in [0.5, 0.6) is 0 Å². The van der Waals surface area contributed by atoms with Gasteiger partial charge in [0.1, 0.15) is 0 Å². The summed E-state index contributed by atoms with van der Waals surface area (Å²) >= 11 is 1.07. The second-order valence-corrected chi connectivity index (χ2v) is 6.39. The fraction of sp³-hybridized carbons (Fsp3) is 0. The van der Waals surface area contributed by atoms with Crippen molar-refractivity contribution in [2.75, 3.05) is 4.72 Å². The maximum atomic E-state index is 12.0. The van der Waals surface area contributed by atoms with Crippen molar-refractivity contribution in [3.8, 4) is 0 Å². The summed E-state index contributed by atoms with van der Waals surface area (Å²) in [5.41, 5.74) is 2.83. The van der Waals surface area contributed by atoms with Gasteiger partial charge in [-0.3, -0.25) is 14.8 Å². The third-order valence-electron chi connectivity index (χ3n) is 2.37. The van der Waals surface area contributed by atoms with E-state index in [1.54, 1.807) is 24.4 Å². The van der Waals surface area contributed by atoms with Crippen LogP contribution < -0.4 is 4.72 Å². The molecular weight excluding hydrogens is 272 g/mol. The normalized spacial score (nSPS) is 11.8. The highest BCUT2D eigenvalue weighted by Crippen LogP contribution is 2.21. The van der Waals surface area contributed by atoms with Gasteiger partial charge in [-0.15, -0.1) is 11.3 Å². The Morgan fingerprint density at radius 3 is 2.94 bits per heavy atom. The predicted molar refractivity (Wildman–Crippen MR) is 69.0 cm³/mol. The molecule has 2 heterocycles. The standard InChI is InChI=1S/C10H8N4O2S2/c15-18(16,10-5-11-6-17-10)14-8-1-2-9-7(3-8)4-12-13-9/h1-6,14H,(H,12,13). The number of benzene rings is 1. The summed E-state index contributed by atoms with van der Waals surface area (Å²) in [4.78, 5) is 3.76. The minimum absolute atomic E-state index is 0.190. The van der Waals surface area contributed by atoms with E-state index in [1.807, 2.05) is 0 Å². The number of sulfonamides is 1. The van der Waals surface area contributed by atoms with Crippen LogP contribution in [0.3, 0.4) is 0 Å². The fourth-order valence-corrected chi connectivity index (χ4v) is 3.39. The van der Waals surface area contributed by atoms with Crippen molar-refractivity contribution in [1.29, 1.82) is 0 Å². The number of aromatic amines is 1. The Kier molecular flexibility index (Phi) is 2.53. The van der Waals surface area contributed by atoms with Crippen LogP contribution in [0.1, 0.15) is 0 Å². The van der Waals surface area contributed by atoms with Crippen molar-refractivity contribution in [1.82, 2.24) is 15.2 Å². The zero-order valence-electron chi connectivity index (χ0n) is 8.99. The summed E-state index contributed by atoms with van der Waals surface area (Å²) < 4.78 is 26.6. The minimum Gasteiger partial charge on any atom is -0.279 e. The highest BCUT2D eigenvalue weighted by atomic mass is 32.2. The summed E-state index contributed by atoms with van der Waals surface area (Å²) in [6, 6.07) is 5.17. The average Bonchev–Trinajstić information content (AvgIpc) is 2.99. The molecule has 0 fully saturated rings. The molecule has 6 nitrogen and oxygen atoms in total. The minimum atomic E-state index is -3.55. The molecule has 0 amide bonds. The monoisotopic (exact) mass is 280 g/mol. The van der Waals surface area contributed by atoms with Gasteiger partial charge in [0.15, 0.2) is 4.21 Å². The van der Waals surface area contributed by atoms with E-state index < -0.39 is 10.0 Å². The molecule has 2 aromatic heterocycles. The molecule has 0 unspecified atom stereocenters. The second kappa shape index (κ2) is 4.07. The summed E-state index contributed by atoms with van der Waals surface area (Å²) in [6.45, 7) is 0. The van der Waals surface area contributed by atoms with Crippen LogP contribution >= 0.6 is 11.3 Å². The van der Waals surface area contributed by atoms with Crippen LogP contribution in [0.4, 0.5) is 5.69 Å². The number of hydrogen-bond donors (Lipinski definition) is 2. The van der Waals surface area contributed by atoms with E-state index in [2.05, 4.69) is 19.9 Å². The zero-order valence-corrected chi connectivity index (χ0v) is 10.6. The van der Waals surface area contributed by atoms with Gasteiger partial charge in [-0.25, -0.2) is 8.42 Å². The van der Waals surface area contributed by atoms with Gasteiger partial charge >= 0.3 is 0 Å². The first-order valence-electron chi connectivity index (χ1n) is 4.99. The summed E-state index contributed by atoms with van der Waals surface area (Å²) in [5.74, 6) is 0. The number of anilines is 1. The molecule has 92 valence electrons. The number of nitrogens with zero attached hydrogens (tertiary/aromatic N) is 2. The Bertz CT molecular complexity index is 777. The van der Waals surface area contributed by atoms with E-state index >= 15 is 0 Å². The van der Waals surface area contributed by atoms with Gasteiger partial charge in [-0.2, -0.15) is 5.10 Å². The van der Waals surface area contributed by atoms with Crippen molar-refractivity contribution in [3.63, 3.8) is 0 Å². The lowest BCUT2D eigenvalue weighted by atomic mass is 10.2. The number of fused-ring (bicyclic) bond motifs is 1. The van der Waals surface area contributed by atoms with Gasteiger partial charge in [0, 0.05) is 11.1 Å². The third kappa shape index (κ3) is 1.95. The molecule has 0 aliphatic carbocycles. The molecule has 0 aliphatic heterocycles. The van der Waals surface area contributed by atoms with Crippen molar-refractivity contribution >= 4 is 38.0 Å². The Hall–Kier alpha value is -1.93. The first-order valence-corrected chi connectivity index (χ1v) is 7.36. The molecule has 3 aromatic rings. The first kappa shape index (κ1) is 11.2. The molecule has 0 aliphatic rings. The van der Waals surface area contributed by atoms with E-state index in [0.29, 0.717) is 5.69 Å². The third-order valence-corrected chi connectivity index (χ3v) is 5.02. The van der Waals surface area contributed by atoms with Crippen LogP contribution in [-0.2, 0) is 10.0 Å². The van der Waals surface area contributed by atoms with Gasteiger partial charge < -0.3 is 0 Å². The molecule has 0 radical (unpaired) electrons. The largest absolute Gasteiger partial charge is 0.279 e. The summed E-state index contributed by atoms with van der Waals surface area (Å²) in [6.07, 6.45) is 2.96. The van der Waals surface area contributed by atoms with Gasteiger partial charge in [0.25, 0.3) is 10.0 Å². The molecular formula is C10H8N4O2S2. The van der Waals surface area contributed by atoms with Crippen LogP contribution in [0.2, 0.25) is 0 Å². The van der Waals surface area contributed by atoms with Crippen LogP contribution in [-0.4, -0.2) is 23.6 Å². The lowest BCUT2D eigenvalue weighted by Gasteiger charge is -2.05. The van der Waals surface area contributed by atoms with Gasteiger partial charge in [0.05, 0.1) is 23.4 Å². The van der Waals surface area contributed by atoms with Crippen molar-refractivity contribution in [3.05, 3.63) is 36.1 Å². The maximum Gasteiger partial charge on any atom is 0.273 e. The van der Waals surface area contributed by atoms with Gasteiger partial charge in [-0.1, -0.05) is 0 Å². The molecule has 2 N–H and O–H groups in total. The summed E-state index contributed by atoms with van der Waals surface area (Å²) in [7, 11) is -3.55. The number of thiazole rings is 1. The molecule has 8 heteroatoms. The highest BCUT2D eigenvalue weighted by molar-refractivity contribution is 7.94. The van der Waals surface area contributed by atoms with Crippen molar-refractivity contribution in [2.24, 2.45) is 0 Å². The lowest BCUT2D eigenvalue weighted by molar-refractivity contribution is 0.603. The van der Waals surface area contributed by atoms with Crippen molar-refractivity contribution in [2.45, 2.75) is 4.21 Å². The molecule has 0 saturated heterocycles. The zero-order chi connectivity index (χ0) is 12.6. The topological polar surface area (TPSA) is 87.7 Å².